The Morgan fingerprint density at radius 2 is 2.00 bits per heavy atom. The van der Waals surface area contributed by atoms with E-state index in [0.717, 1.165) is 28.2 Å². The molecule has 0 radical (unpaired) electrons. The third-order valence-electron chi connectivity index (χ3n) is 4.84. The molecule has 33 heavy (non-hydrogen) atoms. The molecule has 0 aliphatic rings. The monoisotopic (exact) mass is 477 g/mol. The van der Waals surface area contributed by atoms with Crippen molar-refractivity contribution in [1.29, 1.82) is 0 Å². The fourth-order valence-electron chi connectivity index (χ4n) is 3.25. The Bertz CT molecular complexity index is 1430. The number of aromatic nitrogens is 3. The summed E-state index contributed by atoms with van der Waals surface area (Å²) in [5, 5.41) is 8.33. The maximum absolute atomic E-state index is 14.2. The molecule has 0 aliphatic heterocycles. The van der Waals surface area contributed by atoms with E-state index < -0.39 is 35.2 Å². The molecule has 0 bridgehead atoms. The van der Waals surface area contributed by atoms with E-state index in [-0.39, 0.29) is 32.7 Å². The van der Waals surface area contributed by atoms with Gasteiger partial charge in [0.25, 0.3) is 11.5 Å². The molecule has 7 nitrogen and oxygen atoms in total. The van der Waals surface area contributed by atoms with Crippen LogP contribution in [0.15, 0.2) is 52.8 Å². The van der Waals surface area contributed by atoms with Crippen LogP contribution in [0.5, 0.6) is 0 Å². The molecule has 4 aromatic rings. The number of pyridine rings is 1. The minimum Gasteiger partial charge on any atom is -0.399 e. The van der Waals surface area contributed by atoms with Gasteiger partial charge in [-0.1, -0.05) is 0 Å². The number of halogens is 4. The molecule has 0 aliphatic carbocycles. The van der Waals surface area contributed by atoms with E-state index in [0.29, 0.717) is 0 Å². The fraction of sp³-hybridized carbons (Fsp3) is 0.143. The predicted molar refractivity (Wildman–Crippen MR) is 115 cm³/mol. The zero-order valence-corrected chi connectivity index (χ0v) is 17.7. The summed E-state index contributed by atoms with van der Waals surface area (Å²) in [6.07, 6.45) is -3.41. The number of alkyl halides is 3. The van der Waals surface area contributed by atoms with E-state index in [1.807, 2.05) is 0 Å². The van der Waals surface area contributed by atoms with Gasteiger partial charge >= 0.3 is 6.18 Å². The van der Waals surface area contributed by atoms with E-state index in [4.69, 9.17) is 5.73 Å². The molecule has 0 saturated carbocycles. The lowest BCUT2D eigenvalue weighted by Crippen LogP contribution is -2.31. The third-order valence-corrected chi connectivity index (χ3v) is 5.76. The molecule has 170 valence electrons. The summed E-state index contributed by atoms with van der Waals surface area (Å²) in [6.45, 7) is 1.48. The third kappa shape index (κ3) is 4.29. The first-order valence-corrected chi connectivity index (χ1v) is 10.3. The molecule has 3 heterocycles. The molecule has 0 unspecified atom stereocenters. The Morgan fingerprint density at radius 3 is 2.70 bits per heavy atom. The topological polar surface area (TPSA) is 103 Å². The summed E-state index contributed by atoms with van der Waals surface area (Å²) >= 11 is 1.08. The number of amides is 1. The largest absolute Gasteiger partial charge is 0.416 e. The summed E-state index contributed by atoms with van der Waals surface area (Å²) in [4.78, 5) is 29.3. The highest BCUT2D eigenvalue weighted by Crippen LogP contribution is 2.33. The van der Waals surface area contributed by atoms with Crippen molar-refractivity contribution in [3.05, 3.63) is 81.1 Å². The maximum Gasteiger partial charge on any atom is 0.416 e. The van der Waals surface area contributed by atoms with E-state index in [1.165, 1.54) is 37.4 Å². The maximum atomic E-state index is 14.2. The van der Waals surface area contributed by atoms with Gasteiger partial charge in [0, 0.05) is 11.9 Å². The molecular formula is C21H15F4N5O2S. The average Bonchev–Trinajstić information content (AvgIpc) is 3.24. The molecule has 0 fully saturated rings. The summed E-state index contributed by atoms with van der Waals surface area (Å²) in [7, 11) is 0. The first-order valence-electron chi connectivity index (χ1n) is 9.46. The van der Waals surface area contributed by atoms with Crippen molar-refractivity contribution in [1.82, 2.24) is 20.1 Å². The zero-order chi connectivity index (χ0) is 23.9. The number of fused-ring (bicyclic) bond motifs is 1. The average molecular weight is 477 g/mol. The number of carbonyl (C=O) groups excluding carboxylic acids is 1. The van der Waals surface area contributed by atoms with Crippen LogP contribution in [0.2, 0.25) is 0 Å². The van der Waals surface area contributed by atoms with Crippen LogP contribution in [-0.2, 0) is 6.18 Å². The van der Waals surface area contributed by atoms with Gasteiger partial charge in [-0.2, -0.15) is 27.3 Å². The number of nitrogen functional groups attached to an aromatic ring is 1. The number of nitrogens with two attached hydrogens (primary N) is 1. The van der Waals surface area contributed by atoms with Gasteiger partial charge in [-0.15, -0.1) is 11.3 Å². The van der Waals surface area contributed by atoms with Gasteiger partial charge in [0.2, 0.25) is 5.95 Å². The minimum absolute atomic E-state index is 0.111. The Labute approximate surface area is 187 Å². The number of thiophene rings is 1. The highest BCUT2D eigenvalue weighted by Gasteiger charge is 2.31. The lowest BCUT2D eigenvalue weighted by atomic mass is 10.0. The second-order valence-corrected chi connectivity index (χ2v) is 8.04. The van der Waals surface area contributed by atoms with Crippen molar-refractivity contribution in [2.75, 3.05) is 5.73 Å². The van der Waals surface area contributed by atoms with Gasteiger partial charge in [-0.25, -0.2) is 4.98 Å². The van der Waals surface area contributed by atoms with Crippen molar-refractivity contribution in [3.8, 4) is 5.69 Å². The van der Waals surface area contributed by atoms with Crippen LogP contribution in [0, 0.1) is 5.95 Å². The van der Waals surface area contributed by atoms with Crippen molar-refractivity contribution in [2.24, 2.45) is 0 Å². The molecular weight excluding hydrogens is 462 g/mol. The number of hydrogen-bond donors (Lipinski definition) is 2. The van der Waals surface area contributed by atoms with E-state index >= 15 is 0 Å². The van der Waals surface area contributed by atoms with Gasteiger partial charge in [0.05, 0.1) is 21.7 Å². The van der Waals surface area contributed by atoms with Crippen molar-refractivity contribution < 1.29 is 22.4 Å². The Hall–Kier alpha value is -3.80. The molecule has 1 amide bonds. The van der Waals surface area contributed by atoms with Crippen LogP contribution in [-0.4, -0.2) is 20.7 Å². The normalized spacial score (nSPS) is 12.6. The summed E-state index contributed by atoms with van der Waals surface area (Å²) in [5.41, 5.74) is 3.60. The summed E-state index contributed by atoms with van der Waals surface area (Å²) in [6, 6.07) is 6.29. The zero-order valence-electron chi connectivity index (χ0n) is 16.9. The Balaban J connectivity index is 1.75. The number of nitrogens with zero attached hydrogens (tertiary/aromatic N) is 3. The first-order chi connectivity index (χ1) is 15.6. The second-order valence-electron chi connectivity index (χ2n) is 7.12. The molecule has 12 heteroatoms. The van der Waals surface area contributed by atoms with E-state index in [2.05, 4.69) is 15.4 Å². The summed E-state index contributed by atoms with van der Waals surface area (Å²) < 4.78 is 54.6. The molecule has 0 saturated heterocycles. The standard InChI is InChI=1S/C21H15F4N5O2S/c1-10(11-7-12(21(23,24)25)9-13(26)8-11)28-19(31)16-17-14(4-6-33-17)20(32)30(29-16)15-3-2-5-27-18(15)22/h2-10H,26H2,1H3,(H,28,31)/t10-/m1/s1. The number of carbonyl (C=O) groups is 1. The van der Waals surface area contributed by atoms with E-state index in [9.17, 15) is 27.2 Å². The van der Waals surface area contributed by atoms with Gasteiger partial charge in [-0.05, 0) is 54.3 Å². The van der Waals surface area contributed by atoms with Crippen LogP contribution >= 0.6 is 11.3 Å². The molecule has 3 aromatic heterocycles. The number of nitrogens with one attached hydrogen (secondary N) is 1. The lowest BCUT2D eigenvalue weighted by molar-refractivity contribution is -0.137. The van der Waals surface area contributed by atoms with Crippen molar-refractivity contribution in [3.63, 3.8) is 0 Å². The van der Waals surface area contributed by atoms with Gasteiger partial charge in [0.15, 0.2) is 5.69 Å². The van der Waals surface area contributed by atoms with Gasteiger partial charge < -0.3 is 11.1 Å². The predicted octanol–water partition coefficient (Wildman–Crippen LogP) is 4.07. The van der Waals surface area contributed by atoms with Crippen LogP contribution in [0.3, 0.4) is 0 Å². The molecule has 0 spiro atoms. The molecule has 3 N–H and O–H groups in total. The van der Waals surface area contributed by atoms with Crippen molar-refractivity contribution in [2.45, 2.75) is 19.1 Å². The van der Waals surface area contributed by atoms with Gasteiger partial charge in [0.1, 0.15) is 5.69 Å². The first kappa shape index (κ1) is 22.4. The quantitative estimate of drug-likeness (QED) is 0.262. The number of hydrogen-bond acceptors (Lipinski definition) is 6. The molecule has 1 atom stereocenters. The Morgan fingerprint density at radius 1 is 1.24 bits per heavy atom. The number of anilines is 1. The highest BCUT2D eigenvalue weighted by molar-refractivity contribution is 7.17. The summed E-state index contributed by atoms with van der Waals surface area (Å²) in [5.74, 6) is -1.72. The fourth-order valence-corrected chi connectivity index (χ4v) is 4.12. The van der Waals surface area contributed by atoms with Crippen LogP contribution < -0.4 is 16.6 Å². The highest BCUT2D eigenvalue weighted by atomic mass is 32.1. The SMILES string of the molecule is C[C@@H](NC(=O)c1nn(-c2cccnc2F)c(=O)c2ccsc12)c1cc(N)cc(C(F)(F)F)c1. The Kier molecular flexibility index (Phi) is 5.62. The minimum atomic E-state index is -4.61. The van der Waals surface area contributed by atoms with E-state index in [1.54, 1.807) is 5.38 Å². The smallest absolute Gasteiger partial charge is 0.399 e. The second kappa shape index (κ2) is 8.28. The van der Waals surface area contributed by atoms with Crippen LogP contribution in [0.4, 0.5) is 23.2 Å². The number of rotatable bonds is 4. The number of benzene rings is 1. The van der Waals surface area contributed by atoms with Gasteiger partial charge in [-0.3, -0.25) is 9.59 Å². The molecule has 4 rings (SSSR count). The lowest BCUT2D eigenvalue weighted by Gasteiger charge is -2.17. The molecule has 1 aromatic carbocycles. The van der Waals surface area contributed by atoms with Crippen LogP contribution in [0.25, 0.3) is 15.8 Å². The van der Waals surface area contributed by atoms with Crippen molar-refractivity contribution >= 4 is 33.0 Å². The van der Waals surface area contributed by atoms with Crippen LogP contribution in [0.1, 0.15) is 34.6 Å².